The average Bonchev–Trinajstić information content (AvgIpc) is 2.87. The van der Waals surface area contributed by atoms with Crippen LogP contribution < -0.4 is 15.4 Å². The van der Waals surface area contributed by atoms with Gasteiger partial charge in [-0.3, -0.25) is 4.90 Å². The molecule has 12 heteroatoms. The van der Waals surface area contributed by atoms with E-state index in [9.17, 15) is 14.4 Å². The molecule has 3 heterocycles. The molecule has 2 fully saturated rings. The molecular weight excluding hydrogens is 457 g/mol. The van der Waals surface area contributed by atoms with Gasteiger partial charge in [-0.15, -0.1) is 0 Å². The SMILES string of the molecule is N#Cc1c(Nc2ccc(NCCN3CCOCC3)cc2F)ncnc1OC1CCN(C(=O)O)CC1. The van der Waals surface area contributed by atoms with Crippen LogP contribution in [0, 0.1) is 17.1 Å². The Morgan fingerprint density at radius 2 is 2.03 bits per heavy atom. The molecule has 2 saturated heterocycles. The molecular formula is C23H28FN7O4. The fraction of sp³-hybridized carbons (Fsp3) is 0.478. The maximum atomic E-state index is 14.8. The second kappa shape index (κ2) is 11.6. The molecule has 4 rings (SSSR count). The second-order valence-corrected chi connectivity index (χ2v) is 8.30. The Balaban J connectivity index is 1.37. The number of piperidine rings is 1. The molecule has 35 heavy (non-hydrogen) atoms. The molecule has 0 aliphatic carbocycles. The van der Waals surface area contributed by atoms with Crippen LogP contribution in [0.2, 0.25) is 0 Å². The number of benzene rings is 1. The number of morpholine rings is 1. The van der Waals surface area contributed by atoms with Crippen molar-refractivity contribution in [1.29, 1.82) is 5.26 Å². The zero-order chi connectivity index (χ0) is 24.6. The van der Waals surface area contributed by atoms with Crippen molar-refractivity contribution in [2.45, 2.75) is 18.9 Å². The normalized spacial score (nSPS) is 17.0. The van der Waals surface area contributed by atoms with Crippen LogP contribution in [0.15, 0.2) is 24.5 Å². The van der Waals surface area contributed by atoms with Crippen LogP contribution in [0.5, 0.6) is 5.88 Å². The first-order chi connectivity index (χ1) is 17.0. The molecule has 0 spiro atoms. The molecule has 2 aromatic rings. The second-order valence-electron chi connectivity index (χ2n) is 8.30. The number of amides is 1. The van der Waals surface area contributed by atoms with Gasteiger partial charge in [0.2, 0.25) is 5.88 Å². The van der Waals surface area contributed by atoms with Gasteiger partial charge in [0.05, 0.1) is 18.9 Å². The zero-order valence-corrected chi connectivity index (χ0v) is 19.2. The van der Waals surface area contributed by atoms with Gasteiger partial charge in [0.25, 0.3) is 0 Å². The minimum atomic E-state index is -0.963. The first kappa shape index (κ1) is 24.4. The van der Waals surface area contributed by atoms with Gasteiger partial charge < -0.3 is 30.1 Å². The van der Waals surface area contributed by atoms with Crippen LogP contribution in [-0.2, 0) is 4.74 Å². The van der Waals surface area contributed by atoms with Crippen molar-refractivity contribution in [2.24, 2.45) is 0 Å². The molecule has 1 amide bonds. The minimum Gasteiger partial charge on any atom is -0.473 e. The molecule has 0 radical (unpaired) electrons. The summed E-state index contributed by atoms with van der Waals surface area (Å²) in [5, 5.41) is 24.9. The van der Waals surface area contributed by atoms with Crippen LogP contribution in [0.4, 0.5) is 26.4 Å². The fourth-order valence-electron chi connectivity index (χ4n) is 4.01. The number of likely N-dealkylation sites (tertiary alicyclic amines) is 1. The Morgan fingerprint density at radius 1 is 1.26 bits per heavy atom. The zero-order valence-electron chi connectivity index (χ0n) is 19.2. The summed E-state index contributed by atoms with van der Waals surface area (Å²) >= 11 is 0. The lowest BCUT2D eigenvalue weighted by atomic mass is 10.1. The Kier molecular flexibility index (Phi) is 8.12. The number of hydrogen-bond acceptors (Lipinski definition) is 9. The van der Waals surface area contributed by atoms with E-state index in [1.165, 1.54) is 17.3 Å². The molecule has 0 atom stereocenters. The quantitative estimate of drug-likeness (QED) is 0.512. The van der Waals surface area contributed by atoms with Gasteiger partial charge in [-0.25, -0.2) is 19.2 Å². The van der Waals surface area contributed by atoms with E-state index in [4.69, 9.17) is 14.6 Å². The van der Waals surface area contributed by atoms with E-state index in [0.29, 0.717) is 38.2 Å². The molecule has 0 bridgehead atoms. The lowest BCUT2D eigenvalue weighted by Crippen LogP contribution is -2.41. The van der Waals surface area contributed by atoms with Crippen molar-refractivity contribution in [2.75, 3.05) is 63.1 Å². The minimum absolute atomic E-state index is 0.0558. The number of nitrogens with one attached hydrogen (secondary N) is 2. The summed E-state index contributed by atoms with van der Waals surface area (Å²) in [6.45, 7) is 5.47. The molecule has 2 aliphatic heterocycles. The monoisotopic (exact) mass is 485 g/mol. The number of halogens is 1. The van der Waals surface area contributed by atoms with Gasteiger partial charge in [0.15, 0.2) is 11.4 Å². The highest BCUT2D eigenvalue weighted by atomic mass is 19.1. The third-order valence-corrected chi connectivity index (χ3v) is 6.00. The summed E-state index contributed by atoms with van der Waals surface area (Å²) in [4.78, 5) is 22.8. The van der Waals surface area contributed by atoms with Gasteiger partial charge >= 0.3 is 6.09 Å². The summed E-state index contributed by atoms with van der Waals surface area (Å²) < 4.78 is 26.0. The van der Waals surface area contributed by atoms with Crippen molar-refractivity contribution < 1.29 is 23.8 Å². The molecule has 0 unspecified atom stereocenters. The number of aromatic nitrogens is 2. The molecule has 2 aliphatic rings. The van der Waals surface area contributed by atoms with E-state index < -0.39 is 11.9 Å². The number of hydrogen-bond donors (Lipinski definition) is 3. The van der Waals surface area contributed by atoms with Gasteiger partial charge in [-0.05, 0) is 18.2 Å². The van der Waals surface area contributed by atoms with E-state index in [1.807, 2.05) is 6.07 Å². The van der Waals surface area contributed by atoms with Crippen LogP contribution in [-0.4, -0.2) is 89.6 Å². The maximum Gasteiger partial charge on any atom is 0.407 e. The van der Waals surface area contributed by atoms with Crippen LogP contribution in [0.1, 0.15) is 18.4 Å². The lowest BCUT2D eigenvalue weighted by Gasteiger charge is -2.30. The third-order valence-electron chi connectivity index (χ3n) is 6.00. The van der Waals surface area contributed by atoms with E-state index in [0.717, 1.165) is 32.8 Å². The predicted octanol–water partition coefficient (Wildman–Crippen LogP) is 2.50. The van der Waals surface area contributed by atoms with Crippen LogP contribution in [0.25, 0.3) is 0 Å². The topological polar surface area (TPSA) is 136 Å². The van der Waals surface area contributed by atoms with Crippen molar-refractivity contribution in [3.05, 3.63) is 35.9 Å². The smallest absolute Gasteiger partial charge is 0.407 e. The number of carbonyl (C=O) groups is 1. The first-order valence-corrected chi connectivity index (χ1v) is 11.5. The molecule has 3 N–H and O–H groups in total. The fourth-order valence-corrected chi connectivity index (χ4v) is 4.01. The summed E-state index contributed by atoms with van der Waals surface area (Å²) in [5.41, 5.74) is 0.876. The van der Waals surface area contributed by atoms with Crippen LogP contribution in [0.3, 0.4) is 0 Å². The molecule has 186 valence electrons. The Hall–Kier alpha value is -3.69. The highest BCUT2D eigenvalue weighted by molar-refractivity contribution is 5.67. The highest BCUT2D eigenvalue weighted by Crippen LogP contribution is 2.28. The number of rotatable bonds is 8. The van der Waals surface area contributed by atoms with E-state index in [-0.39, 0.29) is 29.1 Å². The summed E-state index contributed by atoms with van der Waals surface area (Å²) in [6, 6.07) is 6.75. The number of ether oxygens (including phenoxy) is 2. The summed E-state index contributed by atoms with van der Waals surface area (Å²) in [7, 11) is 0. The largest absolute Gasteiger partial charge is 0.473 e. The van der Waals surface area contributed by atoms with Gasteiger partial charge in [-0.2, -0.15) is 5.26 Å². The summed E-state index contributed by atoms with van der Waals surface area (Å²) in [5.74, 6) is -0.277. The Labute approximate surface area is 202 Å². The third kappa shape index (κ3) is 6.46. The van der Waals surface area contributed by atoms with E-state index in [2.05, 4.69) is 25.5 Å². The van der Waals surface area contributed by atoms with Crippen molar-refractivity contribution in [1.82, 2.24) is 19.8 Å². The number of anilines is 3. The van der Waals surface area contributed by atoms with E-state index in [1.54, 1.807) is 12.1 Å². The standard InChI is InChI=1S/C23H28FN7O4/c24-19-13-16(26-5-8-30-9-11-34-12-10-30)1-2-20(19)29-21-18(14-25)22(28-15-27-21)35-17-3-6-31(7-4-17)23(32)33/h1-2,13,15,17,26H,3-12H2,(H,32,33)(H,27,28,29). The lowest BCUT2D eigenvalue weighted by molar-refractivity contribution is 0.0398. The van der Waals surface area contributed by atoms with Gasteiger partial charge in [0, 0.05) is 57.8 Å². The molecule has 11 nitrogen and oxygen atoms in total. The van der Waals surface area contributed by atoms with E-state index >= 15 is 0 Å². The molecule has 1 aromatic heterocycles. The summed E-state index contributed by atoms with van der Waals surface area (Å²) in [6.07, 6.45) is 0.969. The van der Waals surface area contributed by atoms with Crippen molar-refractivity contribution in [3.8, 4) is 11.9 Å². The van der Waals surface area contributed by atoms with Crippen molar-refractivity contribution >= 4 is 23.3 Å². The number of nitriles is 1. The number of nitrogens with zero attached hydrogens (tertiary/aromatic N) is 5. The number of carboxylic acid groups (broad SMARTS) is 1. The van der Waals surface area contributed by atoms with Crippen LogP contribution >= 0.6 is 0 Å². The Morgan fingerprint density at radius 3 is 2.71 bits per heavy atom. The Bertz CT molecular complexity index is 1070. The maximum absolute atomic E-state index is 14.8. The molecule has 0 saturated carbocycles. The first-order valence-electron chi connectivity index (χ1n) is 11.5. The average molecular weight is 486 g/mol. The predicted molar refractivity (Wildman–Crippen MR) is 125 cm³/mol. The van der Waals surface area contributed by atoms with Gasteiger partial charge in [0.1, 0.15) is 24.3 Å². The van der Waals surface area contributed by atoms with Crippen molar-refractivity contribution in [3.63, 3.8) is 0 Å². The molecule has 1 aromatic carbocycles. The van der Waals surface area contributed by atoms with Gasteiger partial charge in [-0.1, -0.05) is 0 Å². The highest BCUT2D eigenvalue weighted by Gasteiger charge is 2.25.